The predicted octanol–water partition coefficient (Wildman–Crippen LogP) is 4.26. The second kappa shape index (κ2) is 6.45. The molecule has 1 heterocycles. The van der Waals surface area contributed by atoms with Crippen molar-refractivity contribution in [2.45, 2.75) is 19.9 Å². The Kier molecular flexibility index (Phi) is 4.88. The maximum atomic E-state index is 12.4. The summed E-state index contributed by atoms with van der Waals surface area (Å²) < 4.78 is 3.60. The van der Waals surface area contributed by atoms with E-state index in [1.807, 2.05) is 22.8 Å². The summed E-state index contributed by atoms with van der Waals surface area (Å²) in [4.78, 5) is 12.4. The zero-order valence-electron chi connectivity index (χ0n) is 11.0. The normalized spacial score (nSPS) is 10.6. The van der Waals surface area contributed by atoms with Gasteiger partial charge in [-0.25, -0.2) is 0 Å². The molecule has 1 aromatic carbocycles. The number of hydrogen-bond donors (Lipinski definition) is 2. The van der Waals surface area contributed by atoms with Crippen LogP contribution in [0.3, 0.4) is 0 Å². The fourth-order valence-corrected chi connectivity index (χ4v) is 2.64. The van der Waals surface area contributed by atoms with Crippen molar-refractivity contribution < 1.29 is 4.79 Å². The number of nitrogen functional groups attached to an aromatic ring is 1. The van der Waals surface area contributed by atoms with E-state index in [1.54, 1.807) is 12.3 Å². The highest BCUT2D eigenvalue weighted by atomic mass is 79.9. The maximum absolute atomic E-state index is 12.4. The molecule has 0 unspecified atom stereocenters. The highest BCUT2D eigenvalue weighted by molar-refractivity contribution is 9.11. The van der Waals surface area contributed by atoms with Crippen LogP contribution in [0.15, 0.2) is 39.4 Å². The van der Waals surface area contributed by atoms with Gasteiger partial charge >= 0.3 is 0 Å². The third kappa shape index (κ3) is 3.43. The van der Waals surface area contributed by atoms with Gasteiger partial charge in [-0.15, -0.1) is 0 Å². The number of anilines is 2. The van der Waals surface area contributed by atoms with Gasteiger partial charge < -0.3 is 15.6 Å². The highest BCUT2D eigenvalue weighted by Crippen LogP contribution is 2.27. The van der Waals surface area contributed by atoms with E-state index in [0.717, 1.165) is 21.9 Å². The largest absolute Gasteiger partial charge is 0.397 e. The van der Waals surface area contributed by atoms with Crippen LogP contribution in [-0.2, 0) is 6.54 Å². The lowest BCUT2D eigenvalue weighted by molar-refractivity contribution is 0.101. The monoisotopic (exact) mass is 399 g/mol. The van der Waals surface area contributed by atoms with Crippen LogP contribution >= 0.6 is 31.9 Å². The molecule has 2 rings (SSSR count). The molecule has 3 N–H and O–H groups in total. The van der Waals surface area contributed by atoms with E-state index in [9.17, 15) is 4.79 Å². The molecule has 0 aliphatic heterocycles. The Balaban J connectivity index is 2.26. The molecule has 0 aliphatic carbocycles. The minimum atomic E-state index is -0.172. The van der Waals surface area contributed by atoms with Gasteiger partial charge in [-0.1, -0.05) is 22.9 Å². The van der Waals surface area contributed by atoms with Gasteiger partial charge in [-0.3, -0.25) is 4.79 Å². The smallest absolute Gasteiger partial charge is 0.272 e. The van der Waals surface area contributed by atoms with E-state index in [2.05, 4.69) is 44.1 Å². The number of halogens is 2. The number of nitrogens with two attached hydrogens (primary N) is 1. The molecule has 1 aromatic heterocycles. The number of carbonyl (C=O) groups excluding carboxylic acids is 1. The minimum absolute atomic E-state index is 0.172. The zero-order chi connectivity index (χ0) is 14.7. The molecule has 20 heavy (non-hydrogen) atoms. The number of amides is 1. The molecule has 0 saturated carbocycles. The topological polar surface area (TPSA) is 60.0 Å². The number of carbonyl (C=O) groups is 1. The SMILES string of the molecule is CCCn1cc(N)cc1C(=O)Nc1cc(Br)ccc1Br. The Hall–Kier alpha value is -1.27. The van der Waals surface area contributed by atoms with Gasteiger partial charge in [-0.05, 0) is 46.6 Å². The fourth-order valence-electron chi connectivity index (χ4n) is 1.93. The molecule has 106 valence electrons. The van der Waals surface area contributed by atoms with Crippen LogP contribution in [0.25, 0.3) is 0 Å². The number of nitrogens with one attached hydrogen (secondary N) is 1. The van der Waals surface area contributed by atoms with Gasteiger partial charge in [0, 0.05) is 21.7 Å². The Morgan fingerprint density at radius 3 is 2.80 bits per heavy atom. The van der Waals surface area contributed by atoms with Crippen molar-refractivity contribution in [1.82, 2.24) is 4.57 Å². The van der Waals surface area contributed by atoms with Crippen molar-refractivity contribution in [2.24, 2.45) is 0 Å². The zero-order valence-corrected chi connectivity index (χ0v) is 14.2. The molecule has 0 fully saturated rings. The standard InChI is InChI=1S/C14H15Br2N3O/c1-2-5-19-8-10(17)7-13(19)14(20)18-12-6-9(15)3-4-11(12)16/h3-4,6-8H,2,5,17H2,1H3,(H,18,20). The number of benzene rings is 1. The average molecular weight is 401 g/mol. The Morgan fingerprint density at radius 2 is 2.10 bits per heavy atom. The van der Waals surface area contributed by atoms with Crippen LogP contribution in [-0.4, -0.2) is 10.5 Å². The molecule has 0 aliphatic rings. The van der Waals surface area contributed by atoms with Crippen LogP contribution in [0.5, 0.6) is 0 Å². The third-order valence-corrected chi connectivity index (χ3v) is 3.98. The third-order valence-electron chi connectivity index (χ3n) is 2.79. The number of nitrogens with zero attached hydrogens (tertiary/aromatic N) is 1. The first-order valence-electron chi connectivity index (χ1n) is 6.23. The summed E-state index contributed by atoms with van der Waals surface area (Å²) in [5, 5.41) is 2.89. The summed E-state index contributed by atoms with van der Waals surface area (Å²) >= 11 is 6.81. The second-order valence-corrected chi connectivity index (χ2v) is 6.20. The molecule has 0 atom stereocenters. The van der Waals surface area contributed by atoms with Crippen molar-refractivity contribution in [2.75, 3.05) is 11.1 Å². The Morgan fingerprint density at radius 1 is 1.35 bits per heavy atom. The van der Waals surface area contributed by atoms with Gasteiger partial charge in [0.05, 0.1) is 11.4 Å². The van der Waals surface area contributed by atoms with Crippen LogP contribution in [0.4, 0.5) is 11.4 Å². The molecule has 6 heteroatoms. The lowest BCUT2D eigenvalue weighted by atomic mass is 10.3. The van der Waals surface area contributed by atoms with Crippen molar-refractivity contribution in [3.8, 4) is 0 Å². The molecule has 0 bridgehead atoms. The van der Waals surface area contributed by atoms with E-state index in [-0.39, 0.29) is 5.91 Å². The molecule has 2 aromatic rings. The van der Waals surface area contributed by atoms with Crippen molar-refractivity contribution in [3.63, 3.8) is 0 Å². The van der Waals surface area contributed by atoms with Gasteiger partial charge in [0.25, 0.3) is 5.91 Å². The van der Waals surface area contributed by atoms with E-state index in [1.165, 1.54) is 0 Å². The summed E-state index contributed by atoms with van der Waals surface area (Å²) in [5.41, 5.74) is 7.65. The molecular weight excluding hydrogens is 386 g/mol. The summed E-state index contributed by atoms with van der Waals surface area (Å²) in [7, 11) is 0. The molecular formula is C14H15Br2N3O. The number of aryl methyl sites for hydroxylation is 1. The first-order valence-corrected chi connectivity index (χ1v) is 7.82. The van der Waals surface area contributed by atoms with Crippen LogP contribution < -0.4 is 11.1 Å². The quantitative estimate of drug-likeness (QED) is 0.805. The molecule has 0 spiro atoms. The first-order chi connectivity index (χ1) is 9.51. The lowest BCUT2D eigenvalue weighted by Gasteiger charge is -2.10. The predicted molar refractivity (Wildman–Crippen MR) is 88.9 cm³/mol. The van der Waals surface area contributed by atoms with Gasteiger partial charge in [-0.2, -0.15) is 0 Å². The van der Waals surface area contributed by atoms with E-state index < -0.39 is 0 Å². The average Bonchev–Trinajstić information content (AvgIpc) is 2.75. The van der Waals surface area contributed by atoms with Crippen LogP contribution in [0, 0.1) is 0 Å². The second-order valence-electron chi connectivity index (χ2n) is 4.43. The summed E-state index contributed by atoms with van der Waals surface area (Å²) in [6.45, 7) is 2.82. The summed E-state index contributed by atoms with van der Waals surface area (Å²) in [5.74, 6) is -0.172. The number of hydrogen-bond acceptors (Lipinski definition) is 2. The minimum Gasteiger partial charge on any atom is -0.397 e. The van der Waals surface area contributed by atoms with Gasteiger partial charge in [0.1, 0.15) is 5.69 Å². The summed E-state index contributed by atoms with van der Waals surface area (Å²) in [6, 6.07) is 7.31. The Bertz CT molecular complexity index is 637. The van der Waals surface area contributed by atoms with E-state index in [0.29, 0.717) is 17.1 Å². The molecule has 0 radical (unpaired) electrons. The number of aromatic nitrogens is 1. The fraction of sp³-hybridized carbons (Fsp3) is 0.214. The maximum Gasteiger partial charge on any atom is 0.272 e. The van der Waals surface area contributed by atoms with Crippen molar-refractivity contribution in [3.05, 3.63) is 45.1 Å². The van der Waals surface area contributed by atoms with E-state index in [4.69, 9.17) is 5.73 Å². The van der Waals surface area contributed by atoms with Crippen molar-refractivity contribution >= 4 is 49.1 Å². The first kappa shape index (κ1) is 15.1. The Labute approximate surface area is 134 Å². The van der Waals surface area contributed by atoms with E-state index >= 15 is 0 Å². The molecule has 4 nitrogen and oxygen atoms in total. The van der Waals surface area contributed by atoms with Crippen LogP contribution in [0.2, 0.25) is 0 Å². The van der Waals surface area contributed by atoms with Crippen molar-refractivity contribution in [1.29, 1.82) is 0 Å². The molecule has 1 amide bonds. The van der Waals surface area contributed by atoms with Gasteiger partial charge in [0.15, 0.2) is 0 Å². The highest BCUT2D eigenvalue weighted by Gasteiger charge is 2.14. The summed E-state index contributed by atoms with van der Waals surface area (Å²) in [6.07, 6.45) is 2.73. The van der Waals surface area contributed by atoms with Gasteiger partial charge in [0.2, 0.25) is 0 Å². The number of rotatable bonds is 4. The van der Waals surface area contributed by atoms with Crippen LogP contribution in [0.1, 0.15) is 23.8 Å². The lowest BCUT2D eigenvalue weighted by Crippen LogP contribution is -2.17. The molecule has 0 saturated heterocycles.